The molecule has 0 saturated heterocycles. The maximum absolute atomic E-state index is 13.4. The smallest absolute Gasteiger partial charge is 0.363 e. The molecule has 0 saturated carbocycles. The summed E-state index contributed by atoms with van der Waals surface area (Å²) in [6.07, 6.45) is 1.53. The van der Waals surface area contributed by atoms with E-state index in [4.69, 9.17) is 25.8 Å². The van der Waals surface area contributed by atoms with Crippen molar-refractivity contribution in [1.82, 2.24) is 0 Å². The molecule has 5 nitrogen and oxygen atoms in total. The zero-order chi connectivity index (χ0) is 19.4. The number of esters is 1. The van der Waals surface area contributed by atoms with E-state index in [1.165, 1.54) is 24.3 Å². The summed E-state index contributed by atoms with van der Waals surface area (Å²) < 4.78 is 29.6. The molecular formula is C20H17ClFNO4. The van der Waals surface area contributed by atoms with Crippen molar-refractivity contribution < 1.29 is 23.4 Å². The van der Waals surface area contributed by atoms with E-state index in [2.05, 4.69) is 4.99 Å². The first-order chi connectivity index (χ1) is 13.0. The Bertz CT molecular complexity index is 940. The van der Waals surface area contributed by atoms with Crippen LogP contribution < -0.4 is 9.47 Å². The van der Waals surface area contributed by atoms with Gasteiger partial charge in [-0.2, -0.15) is 0 Å². The van der Waals surface area contributed by atoms with Crippen molar-refractivity contribution in [2.45, 2.75) is 13.8 Å². The first-order valence-electron chi connectivity index (χ1n) is 8.39. The minimum Gasteiger partial charge on any atom is -0.490 e. The standard InChI is InChI=1S/C20H17ClFNO4/c1-3-25-17-10-12(8-15(21)18(17)26-4-2)9-16-20(24)27-19(23-16)13-6-5-7-14(22)11-13/h5-11H,3-4H2,1-2H3/b16-9-. The van der Waals surface area contributed by atoms with Crippen LogP contribution in [-0.2, 0) is 9.53 Å². The molecule has 0 fully saturated rings. The number of hydrogen-bond acceptors (Lipinski definition) is 5. The summed E-state index contributed by atoms with van der Waals surface area (Å²) in [5, 5.41) is 0.357. The van der Waals surface area contributed by atoms with Crippen molar-refractivity contribution >= 4 is 29.5 Å². The second kappa shape index (κ2) is 8.22. The van der Waals surface area contributed by atoms with Gasteiger partial charge >= 0.3 is 5.97 Å². The average molecular weight is 390 g/mol. The van der Waals surface area contributed by atoms with Crippen LogP contribution in [0.1, 0.15) is 25.0 Å². The minimum absolute atomic E-state index is 0.0489. The number of carbonyl (C=O) groups is 1. The van der Waals surface area contributed by atoms with E-state index in [9.17, 15) is 9.18 Å². The monoisotopic (exact) mass is 389 g/mol. The molecule has 0 aliphatic carbocycles. The van der Waals surface area contributed by atoms with Gasteiger partial charge in [-0.1, -0.05) is 17.7 Å². The number of nitrogens with zero attached hydrogens (tertiary/aromatic N) is 1. The Labute approximate surface area is 161 Å². The molecule has 2 aromatic rings. The van der Waals surface area contributed by atoms with Crippen molar-refractivity contribution in [3.8, 4) is 11.5 Å². The van der Waals surface area contributed by atoms with Crippen LogP contribution in [0.5, 0.6) is 11.5 Å². The molecular weight excluding hydrogens is 373 g/mol. The molecule has 1 aliphatic heterocycles. The van der Waals surface area contributed by atoms with Gasteiger partial charge in [0, 0.05) is 5.56 Å². The summed E-state index contributed by atoms with van der Waals surface area (Å²) >= 11 is 6.28. The molecule has 0 unspecified atom stereocenters. The average Bonchev–Trinajstić information content (AvgIpc) is 2.99. The number of aliphatic imine (C=N–C) groups is 1. The Morgan fingerprint density at radius 3 is 2.67 bits per heavy atom. The van der Waals surface area contributed by atoms with Gasteiger partial charge in [0.25, 0.3) is 0 Å². The summed E-state index contributed by atoms with van der Waals surface area (Å²) in [5.41, 5.74) is 1.06. The molecule has 0 aromatic heterocycles. The van der Waals surface area contributed by atoms with Crippen LogP contribution in [0.2, 0.25) is 5.02 Å². The lowest BCUT2D eigenvalue weighted by atomic mass is 10.1. The number of carbonyl (C=O) groups excluding carboxylic acids is 1. The highest BCUT2D eigenvalue weighted by molar-refractivity contribution is 6.32. The van der Waals surface area contributed by atoms with Crippen LogP contribution in [0.4, 0.5) is 4.39 Å². The van der Waals surface area contributed by atoms with Gasteiger partial charge in [0.2, 0.25) is 5.90 Å². The molecule has 27 heavy (non-hydrogen) atoms. The molecule has 0 atom stereocenters. The highest BCUT2D eigenvalue weighted by Crippen LogP contribution is 2.37. The zero-order valence-corrected chi connectivity index (χ0v) is 15.5. The fourth-order valence-corrected chi connectivity index (χ4v) is 2.80. The molecule has 0 bridgehead atoms. The van der Waals surface area contributed by atoms with Gasteiger partial charge < -0.3 is 14.2 Å². The van der Waals surface area contributed by atoms with Gasteiger partial charge in [-0.15, -0.1) is 0 Å². The SMILES string of the molecule is CCOc1cc(/C=C2\N=C(c3cccc(F)c3)OC2=O)cc(Cl)c1OCC. The van der Waals surface area contributed by atoms with E-state index in [0.717, 1.165) is 0 Å². The van der Waals surface area contributed by atoms with Crippen LogP contribution in [0, 0.1) is 5.82 Å². The number of ether oxygens (including phenoxy) is 3. The number of hydrogen-bond donors (Lipinski definition) is 0. The summed E-state index contributed by atoms with van der Waals surface area (Å²) in [6, 6.07) is 9.02. The summed E-state index contributed by atoms with van der Waals surface area (Å²) in [7, 11) is 0. The van der Waals surface area contributed by atoms with Gasteiger partial charge in [-0.25, -0.2) is 14.2 Å². The van der Waals surface area contributed by atoms with Gasteiger partial charge in [0.1, 0.15) is 5.82 Å². The lowest BCUT2D eigenvalue weighted by molar-refractivity contribution is -0.129. The van der Waals surface area contributed by atoms with Gasteiger partial charge in [0.15, 0.2) is 17.2 Å². The fourth-order valence-electron chi connectivity index (χ4n) is 2.53. The van der Waals surface area contributed by atoms with Gasteiger partial charge in [0.05, 0.1) is 18.2 Å². The molecule has 0 spiro atoms. The number of rotatable bonds is 6. The lowest BCUT2D eigenvalue weighted by Crippen LogP contribution is -2.05. The van der Waals surface area contributed by atoms with E-state index in [1.54, 1.807) is 18.2 Å². The number of benzene rings is 2. The minimum atomic E-state index is -0.628. The van der Waals surface area contributed by atoms with E-state index < -0.39 is 11.8 Å². The Morgan fingerprint density at radius 1 is 1.19 bits per heavy atom. The van der Waals surface area contributed by atoms with Crippen LogP contribution >= 0.6 is 11.6 Å². The molecule has 0 N–H and O–H groups in total. The van der Waals surface area contributed by atoms with Crippen LogP contribution in [0.25, 0.3) is 6.08 Å². The summed E-state index contributed by atoms with van der Waals surface area (Å²) in [5.74, 6) is -0.103. The van der Waals surface area contributed by atoms with E-state index in [1.807, 2.05) is 13.8 Å². The number of halogens is 2. The Balaban J connectivity index is 1.97. The summed E-state index contributed by atoms with van der Waals surface area (Å²) in [4.78, 5) is 16.3. The third-order valence-electron chi connectivity index (χ3n) is 3.62. The molecule has 7 heteroatoms. The zero-order valence-electron chi connectivity index (χ0n) is 14.8. The van der Waals surface area contributed by atoms with Crippen LogP contribution in [0.3, 0.4) is 0 Å². The Hall–Kier alpha value is -2.86. The fraction of sp³-hybridized carbons (Fsp3) is 0.200. The summed E-state index contributed by atoms with van der Waals surface area (Å²) in [6.45, 7) is 4.56. The van der Waals surface area contributed by atoms with Crippen molar-refractivity contribution in [2.24, 2.45) is 4.99 Å². The Morgan fingerprint density at radius 2 is 1.96 bits per heavy atom. The van der Waals surface area contributed by atoms with Crippen LogP contribution in [-0.4, -0.2) is 25.1 Å². The third kappa shape index (κ3) is 4.28. The third-order valence-corrected chi connectivity index (χ3v) is 3.90. The predicted octanol–water partition coefficient (Wildman–Crippen LogP) is 4.62. The molecule has 1 aliphatic rings. The largest absolute Gasteiger partial charge is 0.490 e. The quantitative estimate of drug-likeness (QED) is 0.534. The maximum atomic E-state index is 13.4. The van der Waals surface area contributed by atoms with E-state index >= 15 is 0 Å². The second-order valence-electron chi connectivity index (χ2n) is 5.54. The number of cyclic esters (lactones) is 1. The predicted molar refractivity (Wildman–Crippen MR) is 101 cm³/mol. The molecule has 3 rings (SSSR count). The lowest BCUT2D eigenvalue weighted by Gasteiger charge is -2.13. The van der Waals surface area contributed by atoms with Crippen molar-refractivity contribution in [3.63, 3.8) is 0 Å². The van der Waals surface area contributed by atoms with Crippen molar-refractivity contribution in [1.29, 1.82) is 0 Å². The maximum Gasteiger partial charge on any atom is 0.363 e. The van der Waals surface area contributed by atoms with Crippen LogP contribution in [0.15, 0.2) is 47.1 Å². The molecule has 1 heterocycles. The molecule has 2 aromatic carbocycles. The van der Waals surface area contributed by atoms with E-state index in [-0.39, 0.29) is 11.6 Å². The topological polar surface area (TPSA) is 57.1 Å². The first kappa shape index (κ1) is 18.9. The second-order valence-corrected chi connectivity index (χ2v) is 5.95. The highest BCUT2D eigenvalue weighted by atomic mass is 35.5. The normalized spacial score (nSPS) is 14.9. The molecule has 0 radical (unpaired) electrons. The van der Waals surface area contributed by atoms with Gasteiger partial charge in [-0.3, -0.25) is 0 Å². The van der Waals surface area contributed by atoms with Crippen molar-refractivity contribution in [2.75, 3.05) is 13.2 Å². The van der Waals surface area contributed by atoms with Crippen molar-refractivity contribution in [3.05, 3.63) is 64.1 Å². The Kier molecular flexibility index (Phi) is 5.76. The van der Waals surface area contributed by atoms with Gasteiger partial charge in [-0.05, 0) is 55.8 Å². The highest BCUT2D eigenvalue weighted by Gasteiger charge is 2.24. The molecule has 0 amide bonds. The van der Waals surface area contributed by atoms with E-state index in [0.29, 0.717) is 40.9 Å². The molecule has 140 valence electrons. The first-order valence-corrected chi connectivity index (χ1v) is 8.77.